The van der Waals surface area contributed by atoms with Gasteiger partial charge in [0.05, 0.1) is 13.0 Å². The van der Waals surface area contributed by atoms with Crippen LogP contribution in [0.4, 0.5) is 5.69 Å². The molecule has 0 aliphatic heterocycles. The predicted octanol–water partition coefficient (Wildman–Crippen LogP) is 3.64. The van der Waals surface area contributed by atoms with E-state index in [9.17, 15) is 9.59 Å². The molecule has 2 aromatic rings. The Morgan fingerprint density at radius 1 is 0.960 bits per heavy atom. The standard InChI is InChI=1S/C20H23NO4/c1-14-4-8-17(9-5-14)21-20(23)16(3)25-19(22)12-13-24-18-10-6-15(2)7-11-18/h4-11,16H,12-13H2,1-3H3,(H,21,23)/t16-/m1/s1. The highest BCUT2D eigenvalue weighted by Gasteiger charge is 2.17. The van der Waals surface area contributed by atoms with Crippen LogP contribution in [-0.2, 0) is 14.3 Å². The zero-order chi connectivity index (χ0) is 18.2. The van der Waals surface area contributed by atoms with Crippen molar-refractivity contribution in [2.75, 3.05) is 11.9 Å². The van der Waals surface area contributed by atoms with Gasteiger partial charge >= 0.3 is 5.97 Å². The minimum absolute atomic E-state index is 0.0794. The van der Waals surface area contributed by atoms with Crippen molar-refractivity contribution in [3.8, 4) is 5.75 Å². The number of carbonyl (C=O) groups is 2. The van der Waals surface area contributed by atoms with Gasteiger partial charge in [0.25, 0.3) is 5.91 Å². The molecule has 25 heavy (non-hydrogen) atoms. The first kappa shape index (κ1) is 18.5. The fourth-order valence-corrected chi connectivity index (χ4v) is 2.08. The van der Waals surface area contributed by atoms with E-state index in [0.717, 1.165) is 11.1 Å². The van der Waals surface area contributed by atoms with E-state index >= 15 is 0 Å². The molecule has 0 radical (unpaired) electrons. The Labute approximate surface area is 148 Å². The van der Waals surface area contributed by atoms with Crippen molar-refractivity contribution in [1.29, 1.82) is 0 Å². The molecule has 1 atom stereocenters. The summed E-state index contributed by atoms with van der Waals surface area (Å²) in [4.78, 5) is 23.9. The first-order chi connectivity index (χ1) is 11.9. The van der Waals surface area contributed by atoms with Crippen molar-refractivity contribution < 1.29 is 19.1 Å². The highest BCUT2D eigenvalue weighted by molar-refractivity contribution is 5.95. The predicted molar refractivity (Wildman–Crippen MR) is 96.7 cm³/mol. The zero-order valence-electron chi connectivity index (χ0n) is 14.7. The molecule has 0 aliphatic rings. The largest absolute Gasteiger partial charge is 0.493 e. The van der Waals surface area contributed by atoms with Crippen LogP contribution in [0.1, 0.15) is 24.5 Å². The van der Waals surface area contributed by atoms with Gasteiger partial charge < -0.3 is 14.8 Å². The Morgan fingerprint density at radius 2 is 1.52 bits per heavy atom. The van der Waals surface area contributed by atoms with Crippen LogP contribution in [-0.4, -0.2) is 24.6 Å². The summed E-state index contributed by atoms with van der Waals surface area (Å²) in [5, 5.41) is 2.71. The van der Waals surface area contributed by atoms with Crippen LogP contribution in [0.15, 0.2) is 48.5 Å². The lowest BCUT2D eigenvalue weighted by atomic mass is 10.2. The number of rotatable bonds is 7. The van der Waals surface area contributed by atoms with Gasteiger partial charge in [-0.05, 0) is 45.0 Å². The molecule has 2 aromatic carbocycles. The van der Waals surface area contributed by atoms with Gasteiger partial charge in [-0.15, -0.1) is 0 Å². The number of anilines is 1. The fourth-order valence-electron chi connectivity index (χ4n) is 2.08. The molecule has 0 heterocycles. The second-order valence-electron chi connectivity index (χ2n) is 5.90. The van der Waals surface area contributed by atoms with Crippen molar-refractivity contribution >= 4 is 17.6 Å². The number of nitrogens with one attached hydrogen (secondary N) is 1. The number of hydrogen-bond donors (Lipinski definition) is 1. The Bertz CT molecular complexity index is 707. The Morgan fingerprint density at radius 3 is 2.12 bits per heavy atom. The Balaban J connectivity index is 1.72. The Hall–Kier alpha value is -2.82. The van der Waals surface area contributed by atoms with Crippen LogP contribution in [0.25, 0.3) is 0 Å². The molecule has 0 spiro atoms. The van der Waals surface area contributed by atoms with E-state index in [1.54, 1.807) is 19.1 Å². The van der Waals surface area contributed by atoms with Crippen molar-refractivity contribution in [1.82, 2.24) is 0 Å². The highest BCUT2D eigenvalue weighted by atomic mass is 16.5. The maximum absolute atomic E-state index is 12.0. The summed E-state index contributed by atoms with van der Waals surface area (Å²) in [6.45, 7) is 5.70. The van der Waals surface area contributed by atoms with Crippen LogP contribution < -0.4 is 10.1 Å². The average Bonchev–Trinajstić information content (AvgIpc) is 2.58. The number of ether oxygens (including phenoxy) is 2. The van der Waals surface area contributed by atoms with Gasteiger partial charge in [0.2, 0.25) is 0 Å². The SMILES string of the molecule is Cc1ccc(NC(=O)[C@@H](C)OC(=O)CCOc2ccc(C)cc2)cc1. The van der Waals surface area contributed by atoms with Crippen LogP contribution in [0.2, 0.25) is 0 Å². The minimum atomic E-state index is -0.867. The molecule has 0 saturated heterocycles. The van der Waals surface area contributed by atoms with Gasteiger partial charge in [-0.25, -0.2) is 0 Å². The van der Waals surface area contributed by atoms with Crippen molar-refractivity contribution in [3.63, 3.8) is 0 Å². The maximum Gasteiger partial charge on any atom is 0.310 e. The van der Waals surface area contributed by atoms with Crippen molar-refractivity contribution in [2.45, 2.75) is 33.3 Å². The van der Waals surface area contributed by atoms with E-state index in [1.807, 2.05) is 50.2 Å². The summed E-state index contributed by atoms with van der Waals surface area (Å²) in [6.07, 6.45) is -0.788. The zero-order valence-corrected chi connectivity index (χ0v) is 14.7. The van der Waals surface area contributed by atoms with Crippen LogP contribution in [0.5, 0.6) is 5.75 Å². The molecule has 1 N–H and O–H groups in total. The van der Waals surface area contributed by atoms with E-state index in [1.165, 1.54) is 0 Å². The van der Waals surface area contributed by atoms with E-state index in [0.29, 0.717) is 11.4 Å². The molecule has 1 amide bonds. The first-order valence-electron chi connectivity index (χ1n) is 8.20. The van der Waals surface area contributed by atoms with Crippen LogP contribution >= 0.6 is 0 Å². The number of benzene rings is 2. The monoisotopic (exact) mass is 341 g/mol. The molecule has 0 fully saturated rings. The van der Waals surface area contributed by atoms with E-state index in [-0.39, 0.29) is 18.9 Å². The number of aryl methyl sites for hydroxylation is 2. The lowest BCUT2D eigenvalue weighted by molar-refractivity contribution is -0.153. The Kier molecular flexibility index (Phi) is 6.57. The van der Waals surface area contributed by atoms with Crippen LogP contribution in [0, 0.1) is 13.8 Å². The number of carbonyl (C=O) groups excluding carboxylic acids is 2. The molecule has 132 valence electrons. The fraction of sp³-hybridized carbons (Fsp3) is 0.300. The third kappa shape index (κ3) is 6.30. The molecule has 0 unspecified atom stereocenters. The van der Waals surface area contributed by atoms with Crippen molar-refractivity contribution in [3.05, 3.63) is 59.7 Å². The third-order valence-corrected chi connectivity index (χ3v) is 3.59. The van der Waals surface area contributed by atoms with Gasteiger partial charge in [-0.3, -0.25) is 9.59 Å². The quantitative estimate of drug-likeness (QED) is 0.781. The maximum atomic E-state index is 12.0. The lowest BCUT2D eigenvalue weighted by Gasteiger charge is -2.14. The number of amides is 1. The summed E-state index contributed by atoms with van der Waals surface area (Å²) in [5.41, 5.74) is 2.91. The third-order valence-electron chi connectivity index (χ3n) is 3.59. The molecule has 0 aromatic heterocycles. The number of esters is 1. The van der Waals surface area contributed by atoms with E-state index in [2.05, 4.69) is 5.32 Å². The normalized spacial score (nSPS) is 11.5. The van der Waals surface area contributed by atoms with E-state index < -0.39 is 12.1 Å². The second kappa shape index (κ2) is 8.87. The van der Waals surface area contributed by atoms with Crippen LogP contribution in [0.3, 0.4) is 0 Å². The second-order valence-corrected chi connectivity index (χ2v) is 5.90. The molecule has 0 saturated carbocycles. The summed E-state index contributed by atoms with van der Waals surface area (Å²) < 4.78 is 10.6. The highest BCUT2D eigenvalue weighted by Crippen LogP contribution is 2.12. The smallest absolute Gasteiger partial charge is 0.310 e. The van der Waals surface area contributed by atoms with Gasteiger partial charge in [0, 0.05) is 5.69 Å². The van der Waals surface area contributed by atoms with Gasteiger partial charge in [0.15, 0.2) is 6.10 Å². The van der Waals surface area contributed by atoms with Crippen molar-refractivity contribution in [2.24, 2.45) is 0 Å². The molecular formula is C20H23NO4. The van der Waals surface area contributed by atoms with Gasteiger partial charge in [-0.2, -0.15) is 0 Å². The molecule has 5 nitrogen and oxygen atoms in total. The van der Waals surface area contributed by atoms with Gasteiger partial charge in [0.1, 0.15) is 5.75 Å². The average molecular weight is 341 g/mol. The lowest BCUT2D eigenvalue weighted by Crippen LogP contribution is -2.30. The van der Waals surface area contributed by atoms with Gasteiger partial charge in [-0.1, -0.05) is 35.4 Å². The topological polar surface area (TPSA) is 64.6 Å². The minimum Gasteiger partial charge on any atom is -0.493 e. The first-order valence-corrected chi connectivity index (χ1v) is 8.20. The molecule has 5 heteroatoms. The summed E-state index contributed by atoms with van der Waals surface area (Å²) in [5.74, 6) is -0.140. The molecular weight excluding hydrogens is 318 g/mol. The summed E-state index contributed by atoms with van der Waals surface area (Å²) in [7, 11) is 0. The summed E-state index contributed by atoms with van der Waals surface area (Å²) in [6, 6.07) is 15.0. The summed E-state index contributed by atoms with van der Waals surface area (Å²) >= 11 is 0. The van der Waals surface area contributed by atoms with E-state index in [4.69, 9.17) is 9.47 Å². The number of hydrogen-bond acceptors (Lipinski definition) is 4. The molecule has 0 aliphatic carbocycles. The molecule has 0 bridgehead atoms. The molecule has 2 rings (SSSR count).